The van der Waals surface area contributed by atoms with Crippen molar-refractivity contribution in [2.24, 2.45) is 0 Å². The summed E-state index contributed by atoms with van der Waals surface area (Å²) in [6.07, 6.45) is 0. The van der Waals surface area contributed by atoms with Crippen molar-refractivity contribution < 1.29 is 4.90 Å². The highest BCUT2D eigenvalue weighted by atomic mass is 35.5. The van der Waals surface area contributed by atoms with Gasteiger partial charge in [0.15, 0.2) is 5.11 Å². The summed E-state index contributed by atoms with van der Waals surface area (Å²) in [5, 5.41) is 8.46. The van der Waals surface area contributed by atoms with Crippen LogP contribution in [0.5, 0.6) is 0 Å². The Morgan fingerprint density at radius 1 is 1.09 bits per heavy atom. The monoisotopic (exact) mass is 368 g/mol. The molecule has 2 rings (SSSR count). The van der Waals surface area contributed by atoms with Gasteiger partial charge in [-0.1, -0.05) is 41.4 Å². The fraction of sp³-hybridized carbons (Fsp3) is 0.235. The third-order valence-corrected chi connectivity index (χ3v) is 4.39. The van der Waals surface area contributed by atoms with Crippen molar-refractivity contribution in [1.29, 1.82) is 0 Å². The van der Waals surface area contributed by atoms with Crippen molar-refractivity contribution in [3.8, 4) is 0 Å². The first-order chi connectivity index (χ1) is 11.0. The van der Waals surface area contributed by atoms with Gasteiger partial charge in [-0.25, -0.2) is 0 Å². The van der Waals surface area contributed by atoms with Gasteiger partial charge in [-0.15, -0.1) is 0 Å². The Bertz CT molecular complexity index is 659. The molecule has 0 aromatic heterocycles. The van der Waals surface area contributed by atoms with E-state index in [-0.39, 0.29) is 6.04 Å². The number of anilines is 1. The predicted octanol–water partition coefficient (Wildman–Crippen LogP) is 3.17. The van der Waals surface area contributed by atoms with E-state index in [4.69, 9.17) is 35.4 Å². The van der Waals surface area contributed by atoms with Gasteiger partial charge >= 0.3 is 0 Å². The fourth-order valence-corrected chi connectivity index (χ4v) is 2.88. The Morgan fingerprint density at radius 3 is 2.35 bits per heavy atom. The summed E-state index contributed by atoms with van der Waals surface area (Å²) in [6, 6.07) is 15.5. The zero-order chi connectivity index (χ0) is 16.8. The second-order valence-corrected chi connectivity index (χ2v) is 6.75. The quantitative estimate of drug-likeness (QED) is 0.707. The van der Waals surface area contributed by atoms with E-state index < -0.39 is 0 Å². The van der Waals surface area contributed by atoms with Crippen LogP contribution in [0.25, 0.3) is 0 Å². The van der Waals surface area contributed by atoms with Gasteiger partial charge in [-0.3, -0.25) is 0 Å². The second kappa shape index (κ2) is 8.50. The average Bonchev–Trinajstić information content (AvgIpc) is 2.51. The fourth-order valence-electron chi connectivity index (χ4n) is 2.29. The highest BCUT2D eigenvalue weighted by molar-refractivity contribution is 7.80. The zero-order valence-electron chi connectivity index (χ0n) is 13.1. The van der Waals surface area contributed by atoms with Crippen LogP contribution in [0.2, 0.25) is 10.0 Å². The van der Waals surface area contributed by atoms with E-state index in [0.717, 1.165) is 16.3 Å². The van der Waals surface area contributed by atoms with Crippen molar-refractivity contribution in [3.63, 3.8) is 0 Å². The van der Waals surface area contributed by atoms with Crippen LogP contribution >= 0.6 is 35.4 Å². The first-order valence-electron chi connectivity index (χ1n) is 7.32. The highest BCUT2D eigenvalue weighted by Gasteiger charge is 2.20. The molecule has 0 saturated heterocycles. The topological polar surface area (TPSA) is 28.5 Å². The smallest absolute Gasteiger partial charge is 0.171 e. The number of hydrogen-bond acceptors (Lipinski definition) is 1. The summed E-state index contributed by atoms with van der Waals surface area (Å²) in [6.45, 7) is 0.686. The molecule has 0 fully saturated rings. The van der Waals surface area contributed by atoms with Crippen molar-refractivity contribution in [2.75, 3.05) is 26.0 Å². The number of rotatable bonds is 5. The van der Waals surface area contributed by atoms with E-state index in [1.165, 1.54) is 4.90 Å². The van der Waals surface area contributed by atoms with Gasteiger partial charge in [0.2, 0.25) is 0 Å². The number of likely N-dealkylation sites (N-methyl/N-ethyl adjacent to an activating group) is 1. The van der Waals surface area contributed by atoms with Crippen LogP contribution < -0.4 is 15.5 Å². The molecule has 1 atom stereocenters. The SMILES string of the molecule is C[NH+](C)[C@H](CNC(=S)Nc1ccc(Cl)cc1)c1ccccc1Cl. The number of nitrogens with one attached hydrogen (secondary N) is 3. The minimum absolute atomic E-state index is 0.202. The molecule has 0 saturated carbocycles. The number of benzene rings is 2. The minimum atomic E-state index is 0.202. The number of halogens is 2. The van der Waals surface area contributed by atoms with Crippen LogP contribution in [0.1, 0.15) is 11.6 Å². The molecular formula is C17H20Cl2N3S+. The van der Waals surface area contributed by atoms with E-state index in [0.29, 0.717) is 16.7 Å². The predicted molar refractivity (Wildman–Crippen MR) is 103 cm³/mol. The van der Waals surface area contributed by atoms with E-state index >= 15 is 0 Å². The molecular weight excluding hydrogens is 349 g/mol. The van der Waals surface area contributed by atoms with Crippen LogP contribution in [0.4, 0.5) is 5.69 Å². The highest BCUT2D eigenvalue weighted by Crippen LogP contribution is 2.20. The molecule has 23 heavy (non-hydrogen) atoms. The Labute approximate surface area is 152 Å². The van der Waals surface area contributed by atoms with Gasteiger partial charge in [0.25, 0.3) is 0 Å². The van der Waals surface area contributed by atoms with E-state index in [2.05, 4.69) is 30.8 Å². The number of quaternary nitrogens is 1. The summed E-state index contributed by atoms with van der Waals surface area (Å²) < 4.78 is 0. The zero-order valence-corrected chi connectivity index (χ0v) is 15.4. The van der Waals surface area contributed by atoms with Crippen LogP contribution in [0.3, 0.4) is 0 Å². The molecule has 6 heteroatoms. The lowest BCUT2D eigenvalue weighted by molar-refractivity contribution is -0.890. The maximum atomic E-state index is 6.32. The van der Waals surface area contributed by atoms with E-state index in [9.17, 15) is 0 Å². The van der Waals surface area contributed by atoms with Gasteiger partial charge in [-0.05, 0) is 42.5 Å². The molecule has 0 aliphatic carbocycles. The molecule has 122 valence electrons. The lowest BCUT2D eigenvalue weighted by atomic mass is 10.1. The largest absolute Gasteiger partial charge is 0.356 e. The minimum Gasteiger partial charge on any atom is -0.356 e. The summed E-state index contributed by atoms with van der Waals surface area (Å²) in [5.74, 6) is 0. The molecule has 0 unspecified atom stereocenters. The summed E-state index contributed by atoms with van der Waals surface area (Å²) >= 11 is 17.6. The van der Waals surface area contributed by atoms with E-state index in [1.807, 2.05) is 42.5 Å². The lowest BCUT2D eigenvalue weighted by Crippen LogP contribution is -3.07. The summed E-state index contributed by atoms with van der Waals surface area (Å²) in [5.41, 5.74) is 2.01. The lowest BCUT2D eigenvalue weighted by Gasteiger charge is -2.23. The third-order valence-electron chi connectivity index (χ3n) is 3.55. The maximum absolute atomic E-state index is 6.32. The van der Waals surface area contributed by atoms with E-state index in [1.54, 1.807) is 0 Å². The van der Waals surface area contributed by atoms with Crippen molar-refractivity contribution in [2.45, 2.75) is 6.04 Å². The van der Waals surface area contributed by atoms with Crippen LogP contribution in [-0.4, -0.2) is 25.8 Å². The Hall–Kier alpha value is -1.33. The van der Waals surface area contributed by atoms with Gasteiger partial charge < -0.3 is 15.5 Å². The maximum Gasteiger partial charge on any atom is 0.171 e. The van der Waals surface area contributed by atoms with Gasteiger partial charge in [-0.2, -0.15) is 0 Å². The Kier molecular flexibility index (Phi) is 6.66. The van der Waals surface area contributed by atoms with Crippen LogP contribution in [0, 0.1) is 0 Å². The standard InChI is InChI=1S/C17H19Cl2N3S/c1-22(2)16(14-5-3-4-6-15(14)19)11-20-17(23)21-13-9-7-12(18)8-10-13/h3-10,16H,11H2,1-2H3,(H2,20,21,23)/p+1/t16-/m1/s1. The van der Waals surface area contributed by atoms with Crippen LogP contribution in [0.15, 0.2) is 48.5 Å². The summed E-state index contributed by atoms with van der Waals surface area (Å²) in [4.78, 5) is 1.28. The molecule has 3 N–H and O–H groups in total. The molecule has 0 bridgehead atoms. The van der Waals surface area contributed by atoms with Gasteiger partial charge in [0, 0.05) is 21.3 Å². The van der Waals surface area contributed by atoms with Gasteiger partial charge in [0.1, 0.15) is 6.04 Å². The average molecular weight is 369 g/mol. The first kappa shape index (κ1) is 18.0. The molecule has 0 amide bonds. The second-order valence-electron chi connectivity index (χ2n) is 5.49. The van der Waals surface area contributed by atoms with Crippen molar-refractivity contribution in [3.05, 3.63) is 64.1 Å². The van der Waals surface area contributed by atoms with Gasteiger partial charge in [0.05, 0.1) is 20.6 Å². The Morgan fingerprint density at radius 2 is 1.74 bits per heavy atom. The van der Waals surface area contributed by atoms with Crippen LogP contribution in [-0.2, 0) is 0 Å². The van der Waals surface area contributed by atoms with Crippen molar-refractivity contribution in [1.82, 2.24) is 5.32 Å². The molecule has 2 aromatic carbocycles. The first-order valence-corrected chi connectivity index (χ1v) is 8.48. The molecule has 0 aliphatic heterocycles. The molecule has 2 aromatic rings. The molecule has 0 radical (unpaired) electrons. The number of thiocarbonyl (C=S) groups is 1. The molecule has 3 nitrogen and oxygen atoms in total. The third kappa shape index (κ3) is 5.36. The van der Waals surface area contributed by atoms with Crippen molar-refractivity contribution >= 4 is 46.2 Å². The Balaban J connectivity index is 1.97. The molecule has 0 spiro atoms. The molecule has 0 aliphatic rings. The summed E-state index contributed by atoms with van der Waals surface area (Å²) in [7, 11) is 4.21. The molecule has 0 heterocycles. The number of hydrogen-bond donors (Lipinski definition) is 3. The normalized spacial score (nSPS) is 12.0.